The molecule has 5 nitrogen and oxygen atoms in total. The van der Waals surface area contributed by atoms with Gasteiger partial charge in [-0.3, -0.25) is 0 Å². The monoisotopic (exact) mass is 210 g/mol. The summed E-state index contributed by atoms with van der Waals surface area (Å²) in [7, 11) is 1.72. The zero-order chi connectivity index (χ0) is 10.7. The van der Waals surface area contributed by atoms with Gasteiger partial charge in [-0.2, -0.15) is 0 Å². The summed E-state index contributed by atoms with van der Waals surface area (Å²) in [6, 6.07) is 0.580. The largest absolute Gasteiger partial charge is 0.384 e. The second kappa shape index (κ2) is 4.72. The van der Waals surface area contributed by atoms with Gasteiger partial charge in [0.15, 0.2) is 0 Å². The van der Waals surface area contributed by atoms with Gasteiger partial charge in [0.25, 0.3) is 0 Å². The van der Waals surface area contributed by atoms with Crippen LogP contribution >= 0.6 is 0 Å². The van der Waals surface area contributed by atoms with Gasteiger partial charge < -0.3 is 10.5 Å². The number of rotatable bonds is 6. The van der Waals surface area contributed by atoms with E-state index < -0.39 is 0 Å². The van der Waals surface area contributed by atoms with E-state index in [1.54, 1.807) is 7.11 Å². The van der Waals surface area contributed by atoms with Crippen molar-refractivity contribution in [1.29, 1.82) is 0 Å². The average Bonchev–Trinajstić information content (AvgIpc) is 3.00. The maximum atomic E-state index is 5.55. The van der Waals surface area contributed by atoms with Crippen LogP contribution in [0.25, 0.3) is 0 Å². The van der Waals surface area contributed by atoms with Gasteiger partial charge in [-0.1, -0.05) is 5.21 Å². The number of aromatic nitrogens is 3. The molecule has 0 aromatic carbocycles. The molecule has 0 unspecified atom stereocenters. The quantitative estimate of drug-likeness (QED) is 0.733. The molecule has 1 aliphatic carbocycles. The van der Waals surface area contributed by atoms with Crippen molar-refractivity contribution < 1.29 is 4.74 Å². The minimum atomic E-state index is 0.580. The zero-order valence-corrected chi connectivity index (χ0v) is 9.15. The maximum absolute atomic E-state index is 5.55. The third kappa shape index (κ3) is 2.35. The van der Waals surface area contributed by atoms with E-state index in [1.807, 2.05) is 0 Å². The van der Waals surface area contributed by atoms with Crippen molar-refractivity contribution in [2.45, 2.75) is 31.7 Å². The van der Waals surface area contributed by atoms with Crippen molar-refractivity contribution >= 4 is 0 Å². The summed E-state index contributed by atoms with van der Waals surface area (Å²) in [5, 5.41) is 8.40. The molecule has 2 N–H and O–H groups in total. The molecule has 15 heavy (non-hydrogen) atoms. The molecule has 1 saturated carbocycles. The highest BCUT2D eigenvalue weighted by molar-refractivity contribution is 5.13. The first kappa shape index (κ1) is 10.6. The number of methoxy groups -OCH3 is 1. The summed E-state index contributed by atoms with van der Waals surface area (Å²) < 4.78 is 7.16. The van der Waals surface area contributed by atoms with Crippen molar-refractivity contribution in [3.05, 3.63) is 11.4 Å². The molecule has 0 bridgehead atoms. The lowest BCUT2D eigenvalue weighted by atomic mass is 10.2. The van der Waals surface area contributed by atoms with E-state index in [1.165, 1.54) is 18.5 Å². The number of hydrogen-bond acceptors (Lipinski definition) is 4. The van der Waals surface area contributed by atoms with Gasteiger partial charge in [-0.15, -0.1) is 5.10 Å². The fourth-order valence-electron chi connectivity index (χ4n) is 1.75. The van der Waals surface area contributed by atoms with Crippen LogP contribution in [0.1, 0.15) is 30.3 Å². The van der Waals surface area contributed by atoms with Crippen LogP contribution < -0.4 is 5.73 Å². The Morgan fingerprint density at radius 3 is 2.87 bits per heavy atom. The fraction of sp³-hybridized carbons (Fsp3) is 0.800. The highest BCUT2D eigenvalue weighted by atomic mass is 16.5. The fourth-order valence-corrected chi connectivity index (χ4v) is 1.75. The summed E-state index contributed by atoms with van der Waals surface area (Å²) in [6.07, 6.45) is 4.15. The normalized spacial score (nSPS) is 15.9. The third-order valence-corrected chi connectivity index (χ3v) is 2.69. The molecule has 1 aliphatic rings. The standard InChI is InChI=1S/C10H18N4O/c1-15-7-5-10-9(4-6-11)12-13-14(10)8-2-3-8/h8H,2-7,11H2,1H3. The van der Waals surface area contributed by atoms with Crippen LogP contribution in [0.2, 0.25) is 0 Å². The maximum Gasteiger partial charge on any atom is 0.0872 e. The second-order valence-electron chi connectivity index (χ2n) is 3.94. The Labute approximate surface area is 89.6 Å². The van der Waals surface area contributed by atoms with E-state index in [2.05, 4.69) is 15.0 Å². The third-order valence-electron chi connectivity index (χ3n) is 2.69. The van der Waals surface area contributed by atoms with Crippen molar-refractivity contribution in [1.82, 2.24) is 15.0 Å². The molecule has 2 rings (SSSR count). The molecule has 5 heteroatoms. The Morgan fingerprint density at radius 2 is 2.27 bits per heavy atom. The Balaban J connectivity index is 2.14. The molecule has 0 saturated heterocycles. The molecule has 0 aliphatic heterocycles. The van der Waals surface area contributed by atoms with Crippen molar-refractivity contribution in [2.24, 2.45) is 5.73 Å². The summed E-state index contributed by atoms with van der Waals surface area (Å²) in [5.74, 6) is 0. The first-order valence-electron chi connectivity index (χ1n) is 5.48. The Hall–Kier alpha value is -0.940. The minimum absolute atomic E-state index is 0.580. The number of ether oxygens (including phenoxy) is 1. The molecule has 84 valence electrons. The van der Waals surface area contributed by atoms with E-state index in [-0.39, 0.29) is 0 Å². The van der Waals surface area contributed by atoms with Crippen LogP contribution in [0.3, 0.4) is 0 Å². The molecular formula is C10H18N4O. The molecule has 1 aromatic rings. The minimum Gasteiger partial charge on any atom is -0.384 e. The summed E-state index contributed by atoms with van der Waals surface area (Å²) in [6.45, 7) is 1.35. The predicted octanol–water partition coefficient (Wildman–Crippen LogP) is 0.303. The van der Waals surface area contributed by atoms with E-state index in [4.69, 9.17) is 10.5 Å². The van der Waals surface area contributed by atoms with Crippen molar-refractivity contribution in [3.8, 4) is 0 Å². The van der Waals surface area contributed by atoms with Crippen LogP contribution in [0, 0.1) is 0 Å². The summed E-state index contributed by atoms with van der Waals surface area (Å²) >= 11 is 0. The zero-order valence-electron chi connectivity index (χ0n) is 9.15. The molecule has 1 aromatic heterocycles. The van der Waals surface area contributed by atoms with Gasteiger partial charge in [0.2, 0.25) is 0 Å². The topological polar surface area (TPSA) is 66.0 Å². The van der Waals surface area contributed by atoms with E-state index in [0.29, 0.717) is 12.6 Å². The van der Waals surface area contributed by atoms with Gasteiger partial charge in [0, 0.05) is 20.0 Å². The van der Waals surface area contributed by atoms with Crippen LogP contribution in [-0.2, 0) is 17.6 Å². The molecule has 1 heterocycles. The highest BCUT2D eigenvalue weighted by Crippen LogP contribution is 2.35. The lowest BCUT2D eigenvalue weighted by Crippen LogP contribution is -2.10. The molecule has 0 spiro atoms. The van der Waals surface area contributed by atoms with Crippen molar-refractivity contribution in [3.63, 3.8) is 0 Å². The molecule has 1 fully saturated rings. The highest BCUT2D eigenvalue weighted by Gasteiger charge is 2.28. The lowest BCUT2D eigenvalue weighted by molar-refractivity contribution is 0.200. The molecular weight excluding hydrogens is 192 g/mol. The van der Waals surface area contributed by atoms with Gasteiger partial charge in [0.05, 0.1) is 24.0 Å². The van der Waals surface area contributed by atoms with Crippen molar-refractivity contribution in [2.75, 3.05) is 20.3 Å². The lowest BCUT2D eigenvalue weighted by Gasteiger charge is -2.05. The van der Waals surface area contributed by atoms with Crippen LogP contribution in [0.4, 0.5) is 0 Å². The molecule has 0 radical (unpaired) electrons. The first-order valence-corrected chi connectivity index (χ1v) is 5.48. The van der Waals surface area contributed by atoms with E-state index in [9.17, 15) is 0 Å². The molecule has 0 amide bonds. The number of nitrogens with zero attached hydrogens (tertiary/aromatic N) is 3. The van der Waals surface area contributed by atoms with Crippen LogP contribution in [-0.4, -0.2) is 35.3 Å². The Kier molecular flexibility index (Phi) is 3.33. The summed E-state index contributed by atoms with van der Waals surface area (Å²) in [5.41, 5.74) is 7.81. The van der Waals surface area contributed by atoms with Crippen LogP contribution in [0.15, 0.2) is 0 Å². The Bertz CT molecular complexity index is 319. The van der Waals surface area contributed by atoms with Gasteiger partial charge in [-0.05, 0) is 19.4 Å². The Morgan fingerprint density at radius 1 is 1.47 bits per heavy atom. The second-order valence-corrected chi connectivity index (χ2v) is 3.94. The SMILES string of the molecule is COCCc1c(CCN)nnn1C1CC1. The summed E-state index contributed by atoms with van der Waals surface area (Å²) in [4.78, 5) is 0. The smallest absolute Gasteiger partial charge is 0.0872 e. The van der Waals surface area contributed by atoms with Gasteiger partial charge >= 0.3 is 0 Å². The average molecular weight is 210 g/mol. The van der Waals surface area contributed by atoms with E-state index >= 15 is 0 Å². The van der Waals surface area contributed by atoms with Crippen LogP contribution in [0.5, 0.6) is 0 Å². The predicted molar refractivity (Wildman–Crippen MR) is 56.6 cm³/mol. The van der Waals surface area contributed by atoms with E-state index in [0.717, 1.165) is 25.1 Å². The van der Waals surface area contributed by atoms with Gasteiger partial charge in [-0.25, -0.2) is 4.68 Å². The van der Waals surface area contributed by atoms with Gasteiger partial charge in [0.1, 0.15) is 0 Å². The number of nitrogens with two attached hydrogens (primary N) is 1. The molecule has 0 atom stereocenters. The number of hydrogen-bond donors (Lipinski definition) is 1. The first-order chi connectivity index (χ1) is 7.36.